The average Bonchev–Trinajstić information content (AvgIpc) is 2.67. The van der Waals surface area contributed by atoms with E-state index in [4.69, 9.17) is 23.2 Å². The Hall–Kier alpha value is -1.31. The van der Waals surface area contributed by atoms with Crippen molar-refractivity contribution in [2.24, 2.45) is 0 Å². The third-order valence-corrected chi connectivity index (χ3v) is 4.09. The molecule has 18 heavy (non-hydrogen) atoms. The van der Waals surface area contributed by atoms with Crippen LogP contribution in [0.4, 0.5) is 5.95 Å². The first-order chi connectivity index (χ1) is 8.38. The van der Waals surface area contributed by atoms with Crippen LogP contribution in [0.25, 0.3) is 0 Å². The lowest BCUT2D eigenvalue weighted by atomic mass is 10.4. The number of anilines is 1. The summed E-state index contributed by atoms with van der Waals surface area (Å²) in [5, 5.41) is 6.65. The molecule has 0 aliphatic heterocycles. The first-order valence-corrected chi connectivity index (χ1v) is 6.99. The number of sulfonamides is 1. The number of halogens is 2. The van der Waals surface area contributed by atoms with Crippen molar-refractivity contribution in [3.05, 3.63) is 34.1 Å². The molecule has 0 fully saturated rings. The predicted octanol–water partition coefficient (Wildman–Crippen LogP) is 2.22. The van der Waals surface area contributed by atoms with Gasteiger partial charge in [0.2, 0.25) is 0 Å². The minimum absolute atomic E-state index is 0.0145. The van der Waals surface area contributed by atoms with Crippen LogP contribution in [0.3, 0.4) is 0 Å². The molecule has 0 bridgehead atoms. The molecule has 1 aromatic heterocycles. The number of rotatable bonds is 3. The number of nitrogens with one attached hydrogen (secondary N) is 2. The van der Waals surface area contributed by atoms with Gasteiger partial charge in [-0.3, -0.25) is 5.10 Å². The van der Waals surface area contributed by atoms with Gasteiger partial charge in [0, 0.05) is 0 Å². The van der Waals surface area contributed by atoms with Gasteiger partial charge in [0.15, 0.2) is 0 Å². The van der Waals surface area contributed by atoms with E-state index in [0.717, 1.165) is 0 Å². The van der Waals surface area contributed by atoms with Gasteiger partial charge in [0.1, 0.15) is 5.82 Å². The van der Waals surface area contributed by atoms with Gasteiger partial charge in [-0.25, -0.2) is 13.1 Å². The largest absolute Gasteiger partial charge is 0.264 e. The van der Waals surface area contributed by atoms with Gasteiger partial charge in [-0.2, -0.15) is 4.98 Å². The Bertz CT molecular complexity index is 684. The molecule has 0 unspecified atom stereocenters. The van der Waals surface area contributed by atoms with Gasteiger partial charge in [-0.15, -0.1) is 5.10 Å². The zero-order chi connectivity index (χ0) is 13.3. The van der Waals surface area contributed by atoms with Crippen LogP contribution in [0, 0.1) is 6.92 Å². The van der Waals surface area contributed by atoms with Crippen LogP contribution >= 0.6 is 23.2 Å². The Morgan fingerprint density at radius 1 is 1.28 bits per heavy atom. The Kier molecular flexibility index (Phi) is 3.47. The van der Waals surface area contributed by atoms with Crippen molar-refractivity contribution in [3.63, 3.8) is 0 Å². The number of hydrogen-bond acceptors (Lipinski definition) is 4. The highest BCUT2D eigenvalue weighted by molar-refractivity contribution is 7.92. The molecule has 0 atom stereocenters. The molecule has 2 N–H and O–H groups in total. The Morgan fingerprint density at radius 3 is 2.56 bits per heavy atom. The molecule has 1 aromatic carbocycles. The summed E-state index contributed by atoms with van der Waals surface area (Å²) in [7, 11) is -3.78. The molecule has 96 valence electrons. The number of aryl methyl sites for hydroxylation is 1. The lowest BCUT2D eigenvalue weighted by Gasteiger charge is -2.05. The molecule has 2 aromatic rings. The highest BCUT2D eigenvalue weighted by Gasteiger charge is 2.17. The second-order valence-electron chi connectivity index (χ2n) is 3.43. The topological polar surface area (TPSA) is 87.7 Å². The van der Waals surface area contributed by atoms with E-state index in [9.17, 15) is 8.42 Å². The highest BCUT2D eigenvalue weighted by Crippen LogP contribution is 2.25. The summed E-state index contributed by atoms with van der Waals surface area (Å²) in [6.07, 6.45) is 0. The van der Waals surface area contributed by atoms with Crippen molar-refractivity contribution in [1.82, 2.24) is 15.2 Å². The summed E-state index contributed by atoms with van der Waals surface area (Å²) in [6.45, 7) is 1.66. The van der Waals surface area contributed by atoms with E-state index in [2.05, 4.69) is 19.9 Å². The van der Waals surface area contributed by atoms with Crippen LogP contribution in [0.1, 0.15) is 5.82 Å². The molecule has 1 heterocycles. The zero-order valence-corrected chi connectivity index (χ0v) is 11.4. The smallest absolute Gasteiger partial charge is 0.261 e. The van der Waals surface area contributed by atoms with Crippen LogP contribution in [0.15, 0.2) is 23.1 Å². The normalized spacial score (nSPS) is 11.5. The monoisotopic (exact) mass is 306 g/mol. The van der Waals surface area contributed by atoms with E-state index < -0.39 is 10.0 Å². The molecule has 9 heteroatoms. The Balaban J connectivity index is 2.33. The van der Waals surface area contributed by atoms with Gasteiger partial charge in [-0.05, 0) is 25.1 Å². The lowest BCUT2D eigenvalue weighted by Crippen LogP contribution is -2.14. The summed E-state index contributed by atoms with van der Waals surface area (Å²) in [6, 6.07) is 4.00. The van der Waals surface area contributed by atoms with Gasteiger partial charge in [0.05, 0.1) is 14.9 Å². The minimum Gasteiger partial charge on any atom is -0.261 e. The van der Waals surface area contributed by atoms with Gasteiger partial charge < -0.3 is 0 Å². The number of H-pyrrole nitrogens is 1. The van der Waals surface area contributed by atoms with Crippen LogP contribution in [-0.4, -0.2) is 23.6 Å². The first kappa shape index (κ1) is 13.1. The number of benzene rings is 1. The lowest BCUT2D eigenvalue weighted by molar-refractivity contribution is 0.601. The Labute approximate surface area is 113 Å². The van der Waals surface area contributed by atoms with Crippen LogP contribution in [0.5, 0.6) is 0 Å². The summed E-state index contributed by atoms with van der Waals surface area (Å²) < 4.78 is 26.2. The van der Waals surface area contributed by atoms with Crippen LogP contribution < -0.4 is 4.72 Å². The molecule has 2 rings (SSSR count). The third kappa shape index (κ3) is 2.74. The second kappa shape index (κ2) is 4.75. The fourth-order valence-electron chi connectivity index (χ4n) is 1.21. The van der Waals surface area contributed by atoms with Crippen molar-refractivity contribution < 1.29 is 8.42 Å². The molecule has 0 aliphatic carbocycles. The standard InChI is InChI=1S/C9H8Cl2N4O2S/c1-5-12-9(14-13-5)15-18(16,17)6-2-3-7(10)8(11)4-6/h2-4H,1H3,(H2,12,13,14,15). The molecule has 0 spiro atoms. The van der Waals surface area contributed by atoms with E-state index in [-0.39, 0.29) is 20.9 Å². The van der Waals surface area contributed by atoms with Crippen molar-refractivity contribution in [2.45, 2.75) is 11.8 Å². The fraction of sp³-hybridized carbons (Fsp3) is 0.111. The maximum absolute atomic E-state index is 12.0. The first-order valence-electron chi connectivity index (χ1n) is 4.75. The molecule has 0 saturated carbocycles. The van der Waals surface area contributed by atoms with Crippen LogP contribution in [-0.2, 0) is 10.0 Å². The second-order valence-corrected chi connectivity index (χ2v) is 5.92. The van der Waals surface area contributed by atoms with Crippen molar-refractivity contribution in [3.8, 4) is 0 Å². The zero-order valence-electron chi connectivity index (χ0n) is 9.11. The van der Waals surface area contributed by atoms with E-state index in [0.29, 0.717) is 5.82 Å². The molecule has 0 radical (unpaired) electrons. The average molecular weight is 307 g/mol. The van der Waals surface area contributed by atoms with Crippen molar-refractivity contribution in [2.75, 3.05) is 4.72 Å². The summed E-state index contributed by atoms with van der Waals surface area (Å²) in [4.78, 5) is 3.83. The van der Waals surface area contributed by atoms with Crippen molar-refractivity contribution in [1.29, 1.82) is 0 Å². The summed E-state index contributed by atoms with van der Waals surface area (Å²) in [5.41, 5.74) is 0. The summed E-state index contributed by atoms with van der Waals surface area (Å²) >= 11 is 11.5. The SMILES string of the molecule is Cc1nc(NS(=O)(=O)c2ccc(Cl)c(Cl)c2)n[nH]1. The van der Waals surface area contributed by atoms with E-state index in [1.165, 1.54) is 18.2 Å². The maximum atomic E-state index is 12.0. The molecular formula is C9H8Cl2N4O2S. The van der Waals surface area contributed by atoms with Crippen LogP contribution in [0.2, 0.25) is 10.0 Å². The fourth-order valence-corrected chi connectivity index (χ4v) is 2.54. The van der Waals surface area contributed by atoms with Crippen molar-refractivity contribution >= 4 is 39.2 Å². The number of nitrogens with zero attached hydrogens (tertiary/aromatic N) is 2. The number of aromatic nitrogens is 3. The van der Waals surface area contributed by atoms with E-state index in [1.807, 2.05) is 0 Å². The molecule has 0 saturated heterocycles. The number of hydrogen-bond donors (Lipinski definition) is 2. The Morgan fingerprint density at radius 2 is 2.00 bits per heavy atom. The molecule has 6 nitrogen and oxygen atoms in total. The minimum atomic E-state index is -3.78. The quantitative estimate of drug-likeness (QED) is 0.910. The number of aromatic amines is 1. The van der Waals surface area contributed by atoms with Gasteiger partial charge >= 0.3 is 0 Å². The van der Waals surface area contributed by atoms with E-state index in [1.54, 1.807) is 6.92 Å². The summed E-state index contributed by atoms with van der Waals surface area (Å²) in [5.74, 6) is 0.473. The van der Waals surface area contributed by atoms with Gasteiger partial charge in [0.25, 0.3) is 16.0 Å². The van der Waals surface area contributed by atoms with E-state index >= 15 is 0 Å². The molecular weight excluding hydrogens is 299 g/mol. The highest BCUT2D eigenvalue weighted by atomic mass is 35.5. The molecule has 0 aliphatic rings. The maximum Gasteiger partial charge on any atom is 0.264 e. The third-order valence-electron chi connectivity index (χ3n) is 2.02. The molecule has 0 amide bonds. The predicted molar refractivity (Wildman–Crippen MR) is 68.4 cm³/mol. The van der Waals surface area contributed by atoms with Gasteiger partial charge in [-0.1, -0.05) is 23.2 Å².